The molecule has 0 spiro atoms. The highest BCUT2D eigenvalue weighted by Gasteiger charge is 2.29. The van der Waals surface area contributed by atoms with Crippen molar-refractivity contribution < 1.29 is 18.7 Å². The summed E-state index contributed by atoms with van der Waals surface area (Å²) in [5, 5.41) is 0. The highest BCUT2D eigenvalue weighted by Crippen LogP contribution is 2.29. The number of methoxy groups -OCH3 is 1. The molecule has 1 aliphatic carbocycles. The van der Waals surface area contributed by atoms with Gasteiger partial charge in [0.2, 0.25) is 5.91 Å². The van der Waals surface area contributed by atoms with E-state index >= 15 is 0 Å². The molecule has 1 aliphatic heterocycles. The molecule has 0 radical (unpaired) electrons. The summed E-state index contributed by atoms with van der Waals surface area (Å²) < 4.78 is 19.4. The predicted octanol–water partition coefficient (Wildman–Crippen LogP) is 4.08. The summed E-state index contributed by atoms with van der Waals surface area (Å²) in [6.45, 7) is 8.68. The van der Waals surface area contributed by atoms with Crippen LogP contribution in [0.4, 0.5) is 10.1 Å². The molecular weight excluding hydrogens is 421 g/mol. The van der Waals surface area contributed by atoms with Crippen LogP contribution in [-0.4, -0.2) is 68.1 Å². The van der Waals surface area contributed by atoms with Gasteiger partial charge in [-0.1, -0.05) is 26.7 Å². The Morgan fingerprint density at radius 2 is 1.76 bits per heavy atom. The number of ether oxygens (including phenoxy) is 1. The Kier molecular flexibility index (Phi) is 9.68. The van der Waals surface area contributed by atoms with Crippen LogP contribution in [0.1, 0.15) is 57.9 Å². The fraction of sp³-hybridized carbons (Fsp3) is 0.692. The highest BCUT2D eigenvalue weighted by molar-refractivity contribution is 5.95. The van der Waals surface area contributed by atoms with Crippen molar-refractivity contribution in [3.8, 4) is 0 Å². The Bertz CT molecular complexity index is 795. The van der Waals surface area contributed by atoms with Crippen molar-refractivity contribution >= 4 is 17.5 Å². The standard InChI is InChI=1S/C26H40FN3O3/c1-20(2)17-28-12-6-14-29(26(32)21-8-4-5-9-21)18-22-16-23(27)10-11-24(22)30(15-7-13-28)25(31)19-33-3/h10-11,16,20-21H,4-9,12-15,17-19H2,1-3H3. The van der Waals surface area contributed by atoms with Crippen LogP contribution < -0.4 is 4.90 Å². The third kappa shape index (κ3) is 7.24. The second-order valence-electron chi connectivity index (χ2n) is 9.89. The monoisotopic (exact) mass is 461 g/mol. The molecule has 0 bridgehead atoms. The minimum atomic E-state index is -0.351. The van der Waals surface area contributed by atoms with E-state index in [-0.39, 0.29) is 30.2 Å². The largest absolute Gasteiger partial charge is 0.375 e. The van der Waals surface area contributed by atoms with Gasteiger partial charge in [-0.05, 0) is 68.5 Å². The first-order valence-corrected chi connectivity index (χ1v) is 12.5. The minimum absolute atomic E-state index is 0.0305. The van der Waals surface area contributed by atoms with Crippen molar-refractivity contribution in [1.29, 1.82) is 0 Å². The van der Waals surface area contributed by atoms with Crippen molar-refractivity contribution in [2.75, 3.05) is 51.3 Å². The Morgan fingerprint density at radius 3 is 2.42 bits per heavy atom. The molecule has 6 nitrogen and oxygen atoms in total. The maximum Gasteiger partial charge on any atom is 0.252 e. The van der Waals surface area contributed by atoms with Gasteiger partial charge in [0, 0.05) is 44.9 Å². The van der Waals surface area contributed by atoms with Gasteiger partial charge in [0.15, 0.2) is 0 Å². The average molecular weight is 462 g/mol. The van der Waals surface area contributed by atoms with E-state index < -0.39 is 0 Å². The summed E-state index contributed by atoms with van der Waals surface area (Å²) in [7, 11) is 1.51. The van der Waals surface area contributed by atoms with Crippen LogP contribution in [0.3, 0.4) is 0 Å². The number of nitrogens with zero attached hydrogens (tertiary/aromatic N) is 3. The topological polar surface area (TPSA) is 53.1 Å². The number of hydrogen-bond acceptors (Lipinski definition) is 4. The van der Waals surface area contributed by atoms with Crippen molar-refractivity contribution in [2.45, 2.75) is 58.9 Å². The summed E-state index contributed by atoms with van der Waals surface area (Å²) in [6, 6.07) is 4.55. The van der Waals surface area contributed by atoms with E-state index in [1.807, 2.05) is 4.90 Å². The number of fused-ring (bicyclic) bond motifs is 1. The second kappa shape index (κ2) is 12.5. The zero-order chi connectivity index (χ0) is 23.8. The van der Waals surface area contributed by atoms with Crippen molar-refractivity contribution in [3.05, 3.63) is 29.6 Å². The van der Waals surface area contributed by atoms with E-state index in [4.69, 9.17) is 4.74 Å². The molecule has 1 fully saturated rings. The molecule has 0 N–H and O–H groups in total. The van der Waals surface area contributed by atoms with Gasteiger partial charge < -0.3 is 19.4 Å². The van der Waals surface area contributed by atoms with E-state index in [2.05, 4.69) is 18.7 Å². The number of carbonyl (C=O) groups excluding carboxylic acids is 2. The molecule has 3 rings (SSSR count). The van der Waals surface area contributed by atoms with Crippen LogP contribution in [0.5, 0.6) is 0 Å². The van der Waals surface area contributed by atoms with Gasteiger partial charge in [-0.25, -0.2) is 4.39 Å². The van der Waals surface area contributed by atoms with Crippen LogP contribution in [-0.2, 0) is 20.9 Å². The molecule has 1 heterocycles. The van der Waals surface area contributed by atoms with Crippen LogP contribution >= 0.6 is 0 Å². The molecular formula is C26H40FN3O3. The number of hydrogen-bond donors (Lipinski definition) is 0. The number of halogens is 1. The molecule has 1 saturated carbocycles. The average Bonchev–Trinajstić information content (AvgIpc) is 3.30. The lowest BCUT2D eigenvalue weighted by Crippen LogP contribution is -2.41. The van der Waals surface area contributed by atoms with Crippen molar-refractivity contribution in [3.63, 3.8) is 0 Å². The molecule has 2 aliphatic rings. The lowest BCUT2D eigenvalue weighted by molar-refractivity contribution is -0.136. The van der Waals surface area contributed by atoms with Gasteiger partial charge in [-0.2, -0.15) is 0 Å². The maximum absolute atomic E-state index is 14.3. The first kappa shape index (κ1) is 25.6. The van der Waals surface area contributed by atoms with E-state index in [1.54, 1.807) is 11.0 Å². The molecule has 7 heteroatoms. The Morgan fingerprint density at radius 1 is 1.06 bits per heavy atom. The highest BCUT2D eigenvalue weighted by atomic mass is 19.1. The van der Waals surface area contributed by atoms with Gasteiger partial charge in [-0.15, -0.1) is 0 Å². The quantitative estimate of drug-likeness (QED) is 0.663. The summed E-state index contributed by atoms with van der Waals surface area (Å²) >= 11 is 0. The minimum Gasteiger partial charge on any atom is -0.375 e. The molecule has 184 valence electrons. The molecule has 0 unspecified atom stereocenters. The number of anilines is 1. The van der Waals surface area contributed by atoms with Gasteiger partial charge in [0.25, 0.3) is 5.91 Å². The molecule has 1 aromatic carbocycles. The molecule has 0 atom stereocenters. The third-order valence-electron chi connectivity index (χ3n) is 6.66. The zero-order valence-corrected chi connectivity index (χ0v) is 20.5. The van der Waals surface area contributed by atoms with Crippen LogP contribution in [0.2, 0.25) is 0 Å². The van der Waals surface area contributed by atoms with Crippen LogP contribution in [0.25, 0.3) is 0 Å². The fourth-order valence-electron chi connectivity index (χ4n) is 5.18. The summed E-state index contributed by atoms with van der Waals surface area (Å²) in [6.07, 6.45) is 5.77. The Hall–Kier alpha value is -1.99. The first-order chi connectivity index (χ1) is 15.9. The fourth-order valence-corrected chi connectivity index (χ4v) is 5.18. The van der Waals surface area contributed by atoms with E-state index in [1.165, 1.54) is 19.2 Å². The van der Waals surface area contributed by atoms with Gasteiger partial charge in [-0.3, -0.25) is 9.59 Å². The summed E-state index contributed by atoms with van der Waals surface area (Å²) in [5.74, 6) is 0.282. The number of amides is 2. The van der Waals surface area contributed by atoms with Crippen molar-refractivity contribution in [1.82, 2.24) is 9.80 Å². The maximum atomic E-state index is 14.3. The SMILES string of the molecule is COCC(=O)N1CCCN(CC(C)C)CCCN(C(=O)C2CCCC2)Cc2cc(F)ccc21. The molecule has 2 amide bonds. The summed E-state index contributed by atoms with van der Waals surface area (Å²) in [5.41, 5.74) is 1.36. The van der Waals surface area contributed by atoms with E-state index in [0.717, 1.165) is 58.2 Å². The predicted molar refractivity (Wildman–Crippen MR) is 129 cm³/mol. The van der Waals surface area contributed by atoms with Crippen LogP contribution in [0, 0.1) is 17.7 Å². The molecule has 33 heavy (non-hydrogen) atoms. The lowest BCUT2D eigenvalue weighted by Gasteiger charge is -2.33. The first-order valence-electron chi connectivity index (χ1n) is 12.5. The number of carbonyl (C=O) groups is 2. The number of rotatable bonds is 5. The Balaban J connectivity index is 1.94. The van der Waals surface area contributed by atoms with Crippen LogP contribution in [0.15, 0.2) is 18.2 Å². The third-order valence-corrected chi connectivity index (χ3v) is 6.66. The van der Waals surface area contributed by atoms with Gasteiger partial charge in [0.1, 0.15) is 12.4 Å². The van der Waals surface area contributed by atoms with Gasteiger partial charge in [0.05, 0.1) is 0 Å². The smallest absolute Gasteiger partial charge is 0.252 e. The molecule has 0 aromatic heterocycles. The molecule has 1 aromatic rings. The summed E-state index contributed by atoms with van der Waals surface area (Å²) in [4.78, 5) is 32.4. The van der Waals surface area contributed by atoms with E-state index in [9.17, 15) is 14.0 Å². The van der Waals surface area contributed by atoms with E-state index in [0.29, 0.717) is 36.8 Å². The Labute approximate surface area is 198 Å². The zero-order valence-electron chi connectivity index (χ0n) is 20.5. The number of benzene rings is 1. The second-order valence-corrected chi connectivity index (χ2v) is 9.89. The lowest BCUT2D eigenvalue weighted by atomic mass is 10.0. The molecule has 0 saturated heterocycles. The van der Waals surface area contributed by atoms with Gasteiger partial charge >= 0.3 is 0 Å². The normalized spacial score (nSPS) is 19.3. The van der Waals surface area contributed by atoms with Crippen molar-refractivity contribution in [2.24, 2.45) is 11.8 Å².